The molecule has 1 amide bonds. The van der Waals surface area contributed by atoms with Gasteiger partial charge in [-0.05, 0) is 36.0 Å². The molecule has 2 unspecified atom stereocenters. The molecule has 1 aromatic heterocycles. The second-order valence-electron chi connectivity index (χ2n) is 4.06. The fourth-order valence-electron chi connectivity index (χ4n) is 1.77. The third kappa shape index (κ3) is 4.06. The molecule has 2 atom stereocenters. The molecule has 96 valence electrons. The number of thiophene rings is 1. The summed E-state index contributed by atoms with van der Waals surface area (Å²) in [6.45, 7) is 2.30. The molecule has 0 aliphatic rings. The lowest BCUT2D eigenvalue weighted by atomic mass is 10.1. The number of rotatable bonds is 5. The number of halogens is 1. The molecule has 0 bridgehead atoms. The first-order chi connectivity index (χ1) is 7.95. The lowest BCUT2D eigenvalue weighted by Crippen LogP contribution is -2.41. The van der Waals surface area contributed by atoms with Gasteiger partial charge in [-0.25, -0.2) is 0 Å². The Labute approximate surface area is 114 Å². The third-order valence-electron chi connectivity index (χ3n) is 2.52. The first-order valence-electron chi connectivity index (χ1n) is 5.36. The Kier molecular flexibility index (Phi) is 5.58. The van der Waals surface area contributed by atoms with Gasteiger partial charge < -0.3 is 11.1 Å². The van der Waals surface area contributed by atoms with E-state index < -0.39 is 0 Å². The Hall–Kier alpha value is -0.430. The monoisotopic (exact) mass is 319 g/mol. The number of carbonyl (C=O) groups is 1. The maximum Gasteiger partial charge on any atom is 0.233 e. The molecule has 0 aliphatic carbocycles. The topological polar surface area (TPSA) is 58.4 Å². The number of nitrogens with one attached hydrogen (secondary N) is 1. The second kappa shape index (κ2) is 6.49. The summed E-state index contributed by atoms with van der Waals surface area (Å²) >= 11 is 5.08. The van der Waals surface area contributed by atoms with Crippen molar-refractivity contribution in [3.63, 3.8) is 0 Å². The van der Waals surface area contributed by atoms with Crippen LogP contribution in [-0.2, 0) is 4.79 Å². The van der Waals surface area contributed by atoms with Crippen molar-refractivity contribution in [2.24, 2.45) is 5.73 Å². The van der Waals surface area contributed by atoms with Crippen LogP contribution in [0.3, 0.4) is 0 Å². The van der Waals surface area contributed by atoms with Crippen molar-refractivity contribution in [3.8, 4) is 0 Å². The van der Waals surface area contributed by atoms with Crippen molar-refractivity contribution >= 4 is 33.2 Å². The molecule has 1 heterocycles. The molecule has 1 aromatic rings. The smallest absolute Gasteiger partial charge is 0.233 e. The first kappa shape index (κ1) is 14.6. The summed E-state index contributed by atoms with van der Waals surface area (Å²) in [5, 5.41) is 4.65. The van der Waals surface area contributed by atoms with Gasteiger partial charge in [-0.3, -0.25) is 9.69 Å². The van der Waals surface area contributed by atoms with Gasteiger partial charge in [0.1, 0.15) is 0 Å². The van der Waals surface area contributed by atoms with E-state index in [-0.39, 0.29) is 18.0 Å². The van der Waals surface area contributed by atoms with Gasteiger partial charge in [-0.15, -0.1) is 11.3 Å². The van der Waals surface area contributed by atoms with Gasteiger partial charge in [0.25, 0.3) is 0 Å². The normalized spacial score (nSPS) is 14.7. The summed E-state index contributed by atoms with van der Waals surface area (Å²) in [5.41, 5.74) is 6.01. The number of amides is 1. The average molecular weight is 320 g/mol. The van der Waals surface area contributed by atoms with Crippen LogP contribution in [0.25, 0.3) is 0 Å². The van der Waals surface area contributed by atoms with Crippen LogP contribution in [0.5, 0.6) is 0 Å². The number of hydrogen-bond acceptors (Lipinski definition) is 4. The van der Waals surface area contributed by atoms with Gasteiger partial charge in [-0.2, -0.15) is 0 Å². The molecule has 6 heteroatoms. The van der Waals surface area contributed by atoms with Gasteiger partial charge in [0.05, 0.1) is 12.6 Å². The highest BCUT2D eigenvalue weighted by Gasteiger charge is 2.24. The fourth-order valence-corrected chi connectivity index (χ4v) is 3.49. The van der Waals surface area contributed by atoms with Crippen LogP contribution in [0.1, 0.15) is 17.8 Å². The van der Waals surface area contributed by atoms with E-state index in [1.165, 1.54) is 4.88 Å². The van der Waals surface area contributed by atoms with E-state index in [1.807, 2.05) is 24.3 Å². The predicted molar refractivity (Wildman–Crippen MR) is 75.1 cm³/mol. The summed E-state index contributed by atoms with van der Waals surface area (Å²) in [6.07, 6.45) is 0. The summed E-state index contributed by atoms with van der Waals surface area (Å²) in [7, 11) is 3.55. The second-order valence-corrected chi connectivity index (χ2v) is 5.92. The van der Waals surface area contributed by atoms with Crippen molar-refractivity contribution in [1.82, 2.24) is 10.2 Å². The summed E-state index contributed by atoms with van der Waals surface area (Å²) in [6, 6.07) is 2.08. The highest BCUT2D eigenvalue weighted by atomic mass is 79.9. The largest absolute Gasteiger partial charge is 0.358 e. The van der Waals surface area contributed by atoms with E-state index in [1.54, 1.807) is 18.4 Å². The molecule has 0 spiro atoms. The van der Waals surface area contributed by atoms with E-state index in [0.717, 1.165) is 4.47 Å². The Morgan fingerprint density at radius 1 is 1.71 bits per heavy atom. The van der Waals surface area contributed by atoms with E-state index >= 15 is 0 Å². The molecular weight excluding hydrogens is 302 g/mol. The lowest BCUT2D eigenvalue weighted by molar-refractivity contribution is -0.122. The Morgan fingerprint density at radius 2 is 2.35 bits per heavy atom. The predicted octanol–water partition coefficient (Wildman–Crippen LogP) is 1.58. The zero-order valence-corrected chi connectivity index (χ0v) is 12.6. The summed E-state index contributed by atoms with van der Waals surface area (Å²) in [5.74, 6) is -0.00577. The number of carbonyl (C=O) groups excluding carboxylic acids is 1. The Balaban J connectivity index is 2.82. The van der Waals surface area contributed by atoms with E-state index in [2.05, 4.69) is 27.3 Å². The van der Waals surface area contributed by atoms with Crippen LogP contribution < -0.4 is 11.1 Å². The van der Waals surface area contributed by atoms with Crippen LogP contribution in [0, 0.1) is 0 Å². The highest BCUT2D eigenvalue weighted by molar-refractivity contribution is 9.10. The zero-order chi connectivity index (χ0) is 13.0. The number of likely N-dealkylation sites (N-methyl/N-ethyl adjacent to an activating group) is 2. The quantitative estimate of drug-likeness (QED) is 0.866. The Morgan fingerprint density at radius 3 is 2.76 bits per heavy atom. The van der Waals surface area contributed by atoms with Gasteiger partial charge in [0, 0.05) is 27.8 Å². The highest BCUT2D eigenvalue weighted by Crippen LogP contribution is 2.30. The minimum atomic E-state index is -0.0322. The fraction of sp³-hybridized carbons (Fsp3) is 0.545. The lowest BCUT2D eigenvalue weighted by Gasteiger charge is -2.29. The van der Waals surface area contributed by atoms with Gasteiger partial charge >= 0.3 is 0 Å². The maximum absolute atomic E-state index is 11.4. The van der Waals surface area contributed by atoms with Crippen LogP contribution in [-0.4, -0.2) is 37.5 Å². The number of hydrogen-bond donors (Lipinski definition) is 2. The molecule has 0 aromatic carbocycles. The number of nitrogens with zero attached hydrogens (tertiary/aromatic N) is 1. The summed E-state index contributed by atoms with van der Waals surface area (Å²) in [4.78, 5) is 14.5. The van der Waals surface area contributed by atoms with Crippen LogP contribution >= 0.6 is 27.3 Å². The molecule has 4 nitrogen and oxygen atoms in total. The Bertz CT molecular complexity index is 381. The van der Waals surface area contributed by atoms with Crippen LogP contribution in [0.2, 0.25) is 0 Å². The first-order valence-corrected chi connectivity index (χ1v) is 7.03. The SMILES string of the molecule is CNC(=O)CN(C)C(c1cc(Br)cs1)C(C)N. The van der Waals surface area contributed by atoms with Crippen LogP contribution in [0.15, 0.2) is 15.9 Å². The molecule has 0 saturated heterocycles. The van der Waals surface area contributed by atoms with Crippen molar-refractivity contribution in [2.45, 2.75) is 19.0 Å². The molecule has 3 N–H and O–H groups in total. The third-order valence-corrected chi connectivity index (χ3v) is 4.29. The minimum Gasteiger partial charge on any atom is -0.358 e. The van der Waals surface area contributed by atoms with Gasteiger partial charge in [0.15, 0.2) is 0 Å². The van der Waals surface area contributed by atoms with Crippen molar-refractivity contribution < 1.29 is 4.79 Å². The minimum absolute atomic E-state index is 0.00577. The van der Waals surface area contributed by atoms with E-state index in [4.69, 9.17) is 5.73 Å². The van der Waals surface area contributed by atoms with E-state index in [9.17, 15) is 4.79 Å². The van der Waals surface area contributed by atoms with Crippen LogP contribution in [0.4, 0.5) is 0 Å². The van der Waals surface area contributed by atoms with E-state index in [0.29, 0.717) is 6.54 Å². The maximum atomic E-state index is 11.4. The van der Waals surface area contributed by atoms with Gasteiger partial charge in [0.2, 0.25) is 5.91 Å². The van der Waals surface area contributed by atoms with Crippen molar-refractivity contribution in [3.05, 3.63) is 20.8 Å². The van der Waals surface area contributed by atoms with Crippen molar-refractivity contribution in [2.75, 3.05) is 20.6 Å². The molecule has 0 aliphatic heterocycles. The molecule has 1 rings (SSSR count). The molecule has 0 radical (unpaired) electrons. The standard InChI is InChI=1S/C11H18BrN3OS/c1-7(13)11(9-4-8(12)6-17-9)15(3)5-10(16)14-2/h4,6-7,11H,5,13H2,1-3H3,(H,14,16). The number of nitrogens with two attached hydrogens (primary N) is 1. The molecule has 17 heavy (non-hydrogen) atoms. The molecular formula is C11H18BrN3OS. The molecule has 0 saturated carbocycles. The van der Waals surface area contributed by atoms with Gasteiger partial charge in [-0.1, -0.05) is 0 Å². The zero-order valence-electron chi connectivity index (χ0n) is 10.2. The average Bonchev–Trinajstić information content (AvgIpc) is 2.64. The summed E-state index contributed by atoms with van der Waals surface area (Å²) < 4.78 is 1.05. The van der Waals surface area contributed by atoms with Crippen molar-refractivity contribution in [1.29, 1.82) is 0 Å². The molecule has 0 fully saturated rings.